The minimum atomic E-state index is 0.0144. The van der Waals surface area contributed by atoms with Crippen molar-refractivity contribution in [3.63, 3.8) is 0 Å². The summed E-state index contributed by atoms with van der Waals surface area (Å²) >= 11 is 6.28. The van der Waals surface area contributed by atoms with Crippen LogP contribution in [0.25, 0.3) is 0 Å². The van der Waals surface area contributed by atoms with Gasteiger partial charge in [-0.25, -0.2) is 0 Å². The highest BCUT2D eigenvalue weighted by Gasteiger charge is 2.40. The number of halogens is 1. The first-order chi connectivity index (χ1) is 15.5. The van der Waals surface area contributed by atoms with E-state index in [2.05, 4.69) is 34.5 Å². The molecule has 1 heterocycles. The van der Waals surface area contributed by atoms with Gasteiger partial charge in [0.2, 0.25) is 5.91 Å². The van der Waals surface area contributed by atoms with Gasteiger partial charge in [0.25, 0.3) is 0 Å². The van der Waals surface area contributed by atoms with Gasteiger partial charge < -0.3 is 9.64 Å². The van der Waals surface area contributed by atoms with Gasteiger partial charge in [-0.1, -0.05) is 61.2 Å². The Bertz CT molecular complexity index is 896. The van der Waals surface area contributed by atoms with Crippen LogP contribution in [0.15, 0.2) is 48.5 Å². The Kier molecular flexibility index (Phi) is 7.75. The predicted molar refractivity (Wildman–Crippen MR) is 130 cm³/mol. The van der Waals surface area contributed by atoms with E-state index in [0.717, 1.165) is 49.8 Å². The van der Waals surface area contributed by atoms with Crippen LogP contribution in [0.3, 0.4) is 0 Å². The molecule has 1 N–H and O–H groups in total. The summed E-state index contributed by atoms with van der Waals surface area (Å²) in [6.45, 7) is 4.67. The van der Waals surface area contributed by atoms with E-state index in [0.29, 0.717) is 17.5 Å². The number of carbonyl (C=O) groups excluding carboxylic acids is 1. The average molecular weight is 455 g/mol. The third kappa shape index (κ3) is 5.47. The van der Waals surface area contributed by atoms with Crippen LogP contribution in [0.2, 0.25) is 5.02 Å². The summed E-state index contributed by atoms with van der Waals surface area (Å²) in [7, 11) is 0. The highest BCUT2D eigenvalue weighted by Crippen LogP contribution is 2.39. The topological polar surface area (TPSA) is 41.6 Å². The van der Waals surface area contributed by atoms with Crippen molar-refractivity contribution in [3.8, 4) is 5.75 Å². The zero-order valence-electron chi connectivity index (χ0n) is 19.2. The molecule has 2 aromatic rings. The quantitative estimate of drug-likeness (QED) is 0.520. The van der Waals surface area contributed by atoms with Crippen LogP contribution in [0, 0.1) is 5.92 Å². The maximum Gasteiger partial charge on any atom is 0.227 e. The molecule has 0 spiro atoms. The first-order valence-corrected chi connectivity index (χ1v) is 12.5. The van der Waals surface area contributed by atoms with Crippen molar-refractivity contribution in [2.24, 2.45) is 5.92 Å². The molecular formula is C27H35ClN2O2. The second-order valence-corrected chi connectivity index (χ2v) is 9.84. The van der Waals surface area contributed by atoms with Crippen molar-refractivity contribution in [2.45, 2.75) is 83.6 Å². The molecule has 1 amide bonds. The molecule has 2 fully saturated rings. The third-order valence-corrected chi connectivity index (χ3v) is 6.93. The van der Waals surface area contributed by atoms with E-state index in [4.69, 9.17) is 16.3 Å². The van der Waals surface area contributed by atoms with E-state index in [1.54, 1.807) is 0 Å². The zero-order chi connectivity index (χ0) is 22.5. The maximum atomic E-state index is 13.7. The summed E-state index contributed by atoms with van der Waals surface area (Å²) in [5, 5.41) is 4.37. The SMILES string of the molecule is CC(C)Oc1ccc(Cl)cc1CNC1CCC(c2ccccc2)N1C(=O)C1CCCCC1. The van der Waals surface area contributed by atoms with Crippen molar-refractivity contribution in [1.29, 1.82) is 0 Å². The Morgan fingerprint density at radius 3 is 2.53 bits per heavy atom. The van der Waals surface area contributed by atoms with E-state index in [1.165, 1.54) is 12.0 Å². The van der Waals surface area contributed by atoms with Crippen molar-refractivity contribution >= 4 is 17.5 Å². The van der Waals surface area contributed by atoms with E-state index in [9.17, 15) is 4.79 Å². The van der Waals surface area contributed by atoms with Crippen molar-refractivity contribution in [2.75, 3.05) is 0 Å². The van der Waals surface area contributed by atoms with Crippen LogP contribution in [0.4, 0.5) is 0 Å². The number of nitrogens with zero attached hydrogens (tertiary/aromatic N) is 1. The number of rotatable bonds is 7. The summed E-state index contributed by atoms with van der Waals surface area (Å²) < 4.78 is 6.00. The number of ether oxygens (including phenoxy) is 1. The fraction of sp³-hybridized carbons (Fsp3) is 0.519. The van der Waals surface area contributed by atoms with Crippen LogP contribution in [0.5, 0.6) is 5.75 Å². The molecule has 2 aliphatic rings. The van der Waals surface area contributed by atoms with Gasteiger partial charge in [0, 0.05) is 23.0 Å². The molecule has 32 heavy (non-hydrogen) atoms. The highest BCUT2D eigenvalue weighted by molar-refractivity contribution is 6.30. The van der Waals surface area contributed by atoms with Crippen LogP contribution in [-0.2, 0) is 11.3 Å². The number of likely N-dealkylation sites (tertiary alicyclic amines) is 1. The lowest BCUT2D eigenvalue weighted by Gasteiger charge is -2.35. The van der Waals surface area contributed by atoms with E-state index in [1.807, 2.05) is 38.1 Å². The van der Waals surface area contributed by atoms with Gasteiger partial charge in [0.05, 0.1) is 18.3 Å². The van der Waals surface area contributed by atoms with Gasteiger partial charge in [-0.15, -0.1) is 0 Å². The molecule has 2 aromatic carbocycles. The Morgan fingerprint density at radius 2 is 1.81 bits per heavy atom. The van der Waals surface area contributed by atoms with E-state index < -0.39 is 0 Å². The second-order valence-electron chi connectivity index (χ2n) is 9.40. The van der Waals surface area contributed by atoms with Gasteiger partial charge in [0.15, 0.2) is 0 Å². The molecule has 1 aliphatic heterocycles. The van der Waals surface area contributed by atoms with Gasteiger partial charge >= 0.3 is 0 Å². The van der Waals surface area contributed by atoms with Crippen molar-refractivity contribution < 1.29 is 9.53 Å². The maximum absolute atomic E-state index is 13.7. The summed E-state index contributed by atoms with van der Waals surface area (Å²) in [6.07, 6.45) is 7.64. The first kappa shape index (κ1) is 23.1. The van der Waals surface area contributed by atoms with Crippen LogP contribution in [0.1, 0.15) is 76.0 Å². The minimum absolute atomic E-state index is 0.0144. The lowest BCUT2D eigenvalue weighted by atomic mass is 9.88. The fourth-order valence-electron chi connectivity index (χ4n) is 5.16. The monoisotopic (exact) mass is 454 g/mol. The summed E-state index contributed by atoms with van der Waals surface area (Å²) in [5.74, 6) is 1.32. The largest absolute Gasteiger partial charge is 0.491 e. The number of carbonyl (C=O) groups is 1. The summed E-state index contributed by atoms with van der Waals surface area (Å²) in [6, 6.07) is 16.4. The standard InChI is InChI=1S/C27H35ClN2O2/c1-19(2)32-25-15-13-23(28)17-22(25)18-29-26-16-14-24(20-9-5-3-6-10-20)30(26)27(31)21-11-7-4-8-12-21/h3,5-6,9-10,13,15,17,19,21,24,26,29H,4,7-8,11-12,14,16,18H2,1-2H3. The second kappa shape index (κ2) is 10.7. The number of hydrogen-bond acceptors (Lipinski definition) is 3. The molecular weight excluding hydrogens is 420 g/mol. The number of nitrogens with one attached hydrogen (secondary N) is 1. The van der Waals surface area contributed by atoms with Crippen LogP contribution >= 0.6 is 11.6 Å². The lowest BCUT2D eigenvalue weighted by molar-refractivity contribution is -0.140. The third-order valence-electron chi connectivity index (χ3n) is 6.69. The molecule has 1 saturated carbocycles. The van der Waals surface area contributed by atoms with Crippen LogP contribution in [-0.4, -0.2) is 23.1 Å². The molecule has 1 aliphatic carbocycles. The smallest absolute Gasteiger partial charge is 0.227 e. The van der Waals surface area contributed by atoms with E-state index >= 15 is 0 Å². The van der Waals surface area contributed by atoms with Crippen molar-refractivity contribution in [1.82, 2.24) is 10.2 Å². The number of hydrogen-bond donors (Lipinski definition) is 1. The Hall–Kier alpha value is -2.04. The Balaban J connectivity index is 1.54. The van der Waals surface area contributed by atoms with Gasteiger partial charge in [0.1, 0.15) is 5.75 Å². The normalized spacial score (nSPS) is 21.8. The fourth-order valence-corrected chi connectivity index (χ4v) is 5.36. The molecule has 4 rings (SSSR count). The molecule has 172 valence electrons. The lowest BCUT2D eigenvalue weighted by Crippen LogP contribution is -2.48. The molecule has 2 atom stereocenters. The average Bonchev–Trinajstić information content (AvgIpc) is 3.23. The van der Waals surface area contributed by atoms with E-state index in [-0.39, 0.29) is 24.2 Å². The predicted octanol–water partition coefficient (Wildman–Crippen LogP) is 6.49. The number of amides is 1. The molecule has 4 nitrogen and oxygen atoms in total. The number of benzene rings is 2. The first-order valence-electron chi connectivity index (χ1n) is 12.1. The molecule has 0 radical (unpaired) electrons. The van der Waals surface area contributed by atoms with Gasteiger partial charge in [-0.3, -0.25) is 10.1 Å². The van der Waals surface area contributed by atoms with Gasteiger partial charge in [-0.05, 0) is 63.3 Å². The molecule has 0 bridgehead atoms. The van der Waals surface area contributed by atoms with Crippen LogP contribution < -0.4 is 10.1 Å². The highest BCUT2D eigenvalue weighted by atomic mass is 35.5. The molecule has 0 aromatic heterocycles. The summed E-state index contributed by atoms with van der Waals surface area (Å²) in [4.78, 5) is 15.9. The molecule has 2 unspecified atom stereocenters. The Labute approximate surface area is 197 Å². The minimum Gasteiger partial charge on any atom is -0.491 e. The zero-order valence-corrected chi connectivity index (χ0v) is 20.0. The molecule has 1 saturated heterocycles. The Morgan fingerprint density at radius 1 is 1.06 bits per heavy atom. The molecule has 5 heteroatoms. The van der Waals surface area contributed by atoms with Gasteiger partial charge in [-0.2, -0.15) is 0 Å². The summed E-state index contributed by atoms with van der Waals surface area (Å²) in [5.41, 5.74) is 2.26. The van der Waals surface area contributed by atoms with Crippen molar-refractivity contribution in [3.05, 3.63) is 64.7 Å².